The van der Waals surface area contributed by atoms with Crippen LogP contribution in [0.3, 0.4) is 0 Å². The molecule has 2 unspecified atom stereocenters. The molecule has 0 radical (unpaired) electrons. The molecule has 2 fully saturated rings. The summed E-state index contributed by atoms with van der Waals surface area (Å²) in [6.45, 7) is 2.23. The van der Waals surface area contributed by atoms with Gasteiger partial charge in [-0.1, -0.05) is 32.6 Å². The van der Waals surface area contributed by atoms with Gasteiger partial charge in [0, 0.05) is 10.5 Å². The van der Waals surface area contributed by atoms with Crippen LogP contribution in [0.4, 0.5) is 0 Å². The predicted octanol–water partition coefficient (Wildman–Crippen LogP) is 3.75. The molecule has 15 heavy (non-hydrogen) atoms. The van der Waals surface area contributed by atoms with Crippen LogP contribution < -0.4 is 0 Å². The van der Waals surface area contributed by atoms with Gasteiger partial charge in [-0.25, -0.2) is 0 Å². The summed E-state index contributed by atoms with van der Waals surface area (Å²) in [6, 6.07) is 0. The Morgan fingerprint density at radius 1 is 1.20 bits per heavy atom. The van der Waals surface area contributed by atoms with Crippen LogP contribution in [-0.2, 0) is 0 Å². The molecule has 2 rings (SSSR count). The van der Waals surface area contributed by atoms with Crippen molar-refractivity contribution in [3.63, 3.8) is 0 Å². The van der Waals surface area contributed by atoms with Crippen LogP contribution in [0.5, 0.6) is 0 Å². The van der Waals surface area contributed by atoms with Crippen LogP contribution in [0.25, 0.3) is 0 Å². The zero-order chi connectivity index (χ0) is 10.7. The minimum atomic E-state index is -0.295. The van der Waals surface area contributed by atoms with E-state index in [0.29, 0.717) is 0 Å². The molecule has 0 aromatic carbocycles. The van der Waals surface area contributed by atoms with Crippen LogP contribution in [0.15, 0.2) is 0 Å². The maximum Gasteiger partial charge on any atom is 0.0668 e. The number of hydrogen-bond donors (Lipinski definition) is 1. The first-order chi connectivity index (χ1) is 7.22. The van der Waals surface area contributed by atoms with E-state index >= 15 is 0 Å². The van der Waals surface area contributed by atoms with E-state index in [0.717, 1.165) is 29.8 Å². The Bertz CT molecular complexity index is 193. The first-order valence-corrected chi connectivity index (χ1v) is 7.54. The Balaban J connectivity index is 1.85. The van der Waals surface area contributed by atoms with Gasteiger partial charge in [-0.2, -0.15) is 11.8 Å². The van der Waals surface area contributed by atoms with Crippen molar-refractivity contribution in [1.82, 2.24) is 0 Å². The summed E-state index contributed by atoms with van der Waals surface area (Å²) < 4.78 is 0. The molecular formula is C13H24OS. The van der Waals surface area contributed by atoms with Gasteiger partial charge in [0.1, 0.15) is 0 Å². The molecular weight excluding hydrogens is 204 g/mol. The van der Waals surface area contributed by atoms with Crippen LogP contribution in [0, 0.1) is 0 Å². The largest absolute Gasteiger partial charge is 0.390 e. The van der Waals surface area contributed by atoms with Gasteiger partial charge in [0.05, 0.1) is 5.60 Å². The lowest BCUT2D eigenvalue weighted by Gasteiger charge is -2.44. The third kappa shape index (κ3) is 3.13. The lowest BCUT2D eigenvalue weighted by Crippen LogP contribution is -2.42. The summed E-state index contributed by atoms with van der Waals surface area (Å²) in [5.41, 5.74) is -0.295. The molecule has 2 saturated heterocycles. The van der Waals surface area contributed by atoms with Crippen LogP contribution >= 0.6 is 11.8 Å². The van der Waals surface area contributed by atoms with Crippen molar-refractivity contribution in [3.05, 3.63) is 0 Å². The van der Waals surface area contributed by atoms with E-state index < -0.39 is 0 Å². The summed E-state index contributed by atoms with van der Waals surface area (Å²) in [4.78, 5) is 0. The lowest BCUT2D eigenvalue weighted by atomic mass is 9.82. The molecule has 2 aliphatic heterocycles. The topological polar surface area (TPSA) is 20.2 Å². The molecule has 88 valence electrons. The molecule has 0 aliphatic carbocycles. The fraction of sp³-hybridized carbons (Fsp3) is 1.00. The Labute approximate surface area is 98.0 Å². The van der Waals surface area contributed by atoms with E-state index in [1.165, 1.54) is 38.5 Å². The van der Waals surface area contributed by atoms with Gasteiger partial charge < -0.3 is 5.11 Å². The maximum atomic E-state index is 10.6. The van der Waals surface area contributed by atoms with Gasteiger partial charge in [-0.15, -0.1) is 0 Å². The number of fused-ring (bicyclic) bond motifs is 2. The number of hydrogen-bond acceptors (Lipinski definition) is 2. The minimum Gasteiger partial charge on any atom is -0.390 e. The average Bonchev–Trinajstić information content (AvgIpc) is 2.17. The first kappa shape index (κ1) is 11.8. The van der Waals surface area contributed by atoms with E-state index in [-0.39, 0.29) is 5.60 Å². The van der Waals surface area contributed by atoms with E-state index in [1.54, 1.807) is 0 Å². The van der Waals surface area contributed by atoms with Gasteiger partial charge in [-0.3, -0.25) is 0 Å². The highest BCUT2D eigenvalue weighted by Gasteiger charge is 2.40. The van der Waals surface area contributed by atoms with Crippen LogP contribution in [-0.4, -0.2) is 21.2 Å². The molecule has 0 spiro atoms. The van der Waals surface area contributed by atoms with Crippen molar-refractivity contribution in [2.75, 3.05) is 0 Å². The molecule has 0 aromatic rings. The summed E-state index contributed by atoms with van der Waals surface area (Å²) in [5, 5.41) is 12.1. The van der Waals surface area contributed by atoms with Crippen molar-refractivity contribution >= 4 is 11.8 Å². The summed E-state index contributed by atoms with van der Waals surface area (Å²) in [6.07, 6.45) is 11.0. The van der Waals surface area contributed by atoms with Gasteiger partial charge in [0.15, 0.2) is 0 Å². The van der Waals surface area contributed by atoms with Crippen molar-refractivity contribution in [2.24, 2.45) is 0 Å². The van der Waals surface area contributed by atoms with Crippen LogP contribution in [0.1, 0.15) is 64.7 Å². The van der Waals surface area contributed by atoms with E-state index in [1.807, 2.05) is 0 Å². The monoisotopic (exact) mass is 228 g/mol. The Hall–Kier alpha value is 0.310. The lowest BCUT2D eigenvalue weighted by molar-refractivity contribution is 0.00245. The SMILES string of the molecule is CCCCCC1(O)CC2CCCC(C1)S2. The molecule has 2 heteroatoms. The fourth-order valence-electron chi connectivity index (χ4n) is 3.12. The second kappa shape index (κ2) is 5.09. The number of unbranched alkanes of at least 4 members (excludes halogenated alkanes) is 2. The first-order valence-electron chi connectivity index (χ1n) is 6.60. The van der Waals surface area contributed by atoms with Crippen molar-refractivity contribution in [2.45, 2.75) is 80.8 Å². The van der Waals surface area contributed by atoms with E-state index in [4.69, 9.17) is 0 Å². The molecule has 0 saturated carbocycles. The maximum absolute atomic E-state index is 10.6. The van der Waals surface area contributed by atoms with Gasteiger partial charge in [0.2, 0.25) is 0 Å². The van der Waals surface area contributed by atoms with Gasteiger partial charge in [-0.05, 0) is 32.1 Å². The average molecular weight is 228 g/mol. The second-order valence-electron chi connectivity index (χ2n) is 5.40. The molecule has 2 bridgehead atoms. The predicted molar refractivity (Wildman–Crippen MR) is 67.3 cm³/mol. The van der Waals surface area contributed by atoms with Gasteiger partial charge in [0.25, 0.3) is 0 Å². The summed E-state index contributed by atoms with van der Waals surface area (Å²) >= 11 is 2.15. The molecule has 1 N–H and O–H groups in total. The highest BCUT2D eigenvalue weighted by molar-refractivity contribution is 8.00. The van der Waals surface area contributed by atoms with Gasteiger partial charge >= 0.3 is 0 Å². The quantitative estimate of drug-likeness (QED) is 0.740. The summed E-state index contributed by atoms with van der Waals surface area (Å²) in [7, 11) is 0. The third-order valence-corrected chi connectivity index (χ3v) is 5.47. The number of rotatable bonds is 4. The van der Waals surface area contributed by atoms with Crippen molar-refractivity contribution < 1.29 is 5.11 Å². The Kier molecular flexibility index (Phi) is 4.00. The van der Waals surface area contributed by atoms with Crippen molar-refractivity contribution in [3.8, 4) is 0 Å². The Morgan fingerprint density at radius 3 is 2.47 bits per heavy atom. The molecule has 1 nitrogen and oxygen atoms in total. The molecule has 0 aromatic heterocycles. The summed E-state index contributed by atoms with van der Waals surface area (Å²) in [5.74, 6) is 0. The minimum absolute atomic E-state index is 0.295. The van der Waals surface area contributed by atoms with Crippen LogP contribution in [0.2, 0.25) is 0 Å². The third-order valence-electron chi connectivity index (χ3n) is 3.90. The van der Waals surface area contributed by atoms with E-state index in [2.05, 4.69) is 18.7 Å². The molecule has 2 aliphatic rings. The molecule has 0 amide bonds. The second-order valence-corrected chi connectivity index (χ2v) is 7.01. The van der Waals surface area contributed by atoms with E-state index in [9.17, 15) is 5.11 Å². The fourth-order valence-corrected chi connectivity index (χ4v) is 5.08. The highest BCUT2D eigenvalue weighted by Crippen LogP contribution is 2.47. The molecule has 2 atom stereocenters. The molecule has 2 heterocycles. The van der Waals surface area contributed by atoms with Crippen molar-refractivity contribution in [1.29, 1.82) is 0 Å². The zero-order valence-electron chi connectivity index (χ0n) is 9.87. The Morgan fingerprint density at radius 2 is 1.87 bits per heavy atom. The number of thioether (sulfide) groups is 1. The highest BCUT2D eigenvalue weighted by atomic mass is 32.2. The zero-order valence-corrected chi connectivity index (χ0v) is 10.7. The smallest absolute Gasteiger partial charge is 0.0668 e. The standard InChI is InChI=1S/C13H24OS/c1-2-3-4-8-13(14)9-11-6-5-7-12(10-13)15-11/h11-12,14H,2-10H2,1H3. The number of aliphatic hydroxyl groups is 1. The normalized spacial score (nSPS) is 40.4.